The van der Waals surface area contributed by atoms with Crippen molar-refractivity contribution in [2.45, 2.75) is 24.9 Å². The first-order chi connectivity index (χ1) is 15.8. The maximum atomic E-state index is 13.1. The standard InChI is InChI=1S/C21H27N6O5P/c28-20(25-17(13-33(30,31)32)21(29)27-10-8-22-9-11-27)16-12-18(23-15-6-7-15)26-19(24-16)14-4-2-1-3-5-14/h1-5,12,15,17,22H,6-11,13H2,(H,25,28)(H,23,24,26)(H2,30,31,32). The molecule has 33 heavy (non-hydrogen) atoms. The lowest BCUT2D eigenvalue weighted by molar-refractivity contribution is -0.133. The van der Waals surface area contributed by atoms with Gasteiger partial charge in [0.05, 0.1) is 6.16 Å². The summed E-state index contributed by atoms with van der Waals surface area (Å²) >= 11 is 0. The summed E-state index contributed by atoms with van der Waals surface area (Å²) in [4.78, 5) is 55.4. The normalized spacial score (nSPS) is 17.3. The Hall–Kier alpha value is -2.85. The molecule has 0 radical (unpaired) electrons. The largest absolute Gasteiger partial charge is 0.367 e. The lowest BCUT2D eigenvalue weighted by atomic mass is 10.2. The first-order valence-electron chi connectivity index (χ1n) is 10.8. The van der Waals surface area contributed by atoms with Crippen LogP contribution in [0.15, 0.2) is 36.4 Å². The van der Waals surface area contributed by atoms with Crippen molar-refractivity contribution in [1.29, 1.82) is 0 Å². The van der Waals surface area contributed by atoms with Crippen LogP contribution in [0.4, 0.5) is 5.82 Å². The summed E-state index contributed by atoms with van der Waals surface area (Å²) in [5.41, 5.74) is 0.727. The predicted octanol–water partition coefficient (Wildman–Crippen LogP) is 0.426. The van der Waals surface area contributed by atoms with Gasteiger partial charge in [0.15, 0.2) is 5.82 Å². The van der Waals surface area contributed by atoms with Crippen LogP contribution in [0, 0.1) is 0 Å². The number of anilines is 1. The van der Waals surface area contributed by atoms with Gasteiger partial charge in [-0.2, -0.15) is 0 Å². The second kappa shape index (κ2) is 9.96. The van der Waals surface area contributed by atoms with E-state index in [0.717, 1.165) is 18.4 Å². The summed E-state index contributed by atoms with van der Waals surface area (Å²) in [6, 6.07) is 9.58. The molecular formula is C21H27N6O5P. The van der Waals surface area contributed by atoms with Crippen molar-refractivity contribution in [3.05, 3.63) is 42.1 Å². The van der Waals surface area contributed by atoms with E-state index in [-0.39, 0.29) is 11.7 Å². The second-order valence-corrected chi connectivity index (χ2v) is 9.89. The number of nitrogens with zero attached hydrogens (tertiary/aromatic N) is 3. The summed E-state index contributed by atoms with van der Waals surface area (Å²) in [5.74, 6) is -0.403. The molecule has 12 heteroatoms. The van der Waals surface area contributed by atoms with E-state index in [4.69, 9.17) is 0 Å². The molecule has 2 amide bonds. The van der Waals surface area contributed by atoms with E-state index in [1.165, 1.54) is 11.0 Å². The molecule has 1 aromatic heterocycles. The Kier molecular flexibility index (Phi) is 7.04. The molecule has 0 spiro atoms. The molecular weight excluding hydrogens is 447 g/mol. The number of carbonyl (C=O) groups is 2. The zero-order valence-electron chi connectivity index (χ0n) is 18.0. The minimum atomic E-state index is -4.58. The molecule has 1 aromatic carbocycles. The lowest BCUT2D eigenvalue weighted by Gasteiger charge is -2.31. The molecule has 4 rings (SSSR count). The number of aromatic nitrogens is 2. The third-order valence-electron chi connectivity index (χ3n) is 5.37. The van der Waals surface area contributed by atoms with Crippen LogP contribution in [0.5, 0.6) is 0 Å². The number of rotatable bonds is 8. The van der Waals surface area contributed by atoms with Crippen LogP contribution >= 0.6 is 7.60 Å². The summed E-state index contributed by atoms with van der Waals surface area (Å²) in [7, 11) is -4.58. The van der Waals surface area contributed by atoms with Gasteiger partial charge >= 0.3 is 7.60 Å². The maximum Gasteiger partial charge on any atom is 0.328 e. The van der Waals surface area contributed by atoms with Gasteiger partial charge in [-0.25, -0.2) is 9.97 Å². The van der Waals surface area contributed by atoms with Gasteiger partial charge in [0.2, 0.25) is 5.91 Å². The van der Waals surface area contributed by atoms with Crippen molar-refractivity contribution >= 4 is 25.2 Å². The van der Waals surface area contributed by atoms with E-state index >= 15 is 0 Å². The van der Waals surface area contributed by atoms with Crippen molar-refractivity contribution < 1.29 is 23.9 Å². The number of piperazine rings is 1. The van der Waals surface area contributed by atoms with Crippen LogP contribution in [0.3, 0.4) is 0 Å². The summed E-state index contributed by atoms with van der Waals surface area (Å²) < 4.78 is 11.7. The fraction of sp³-hybridized carbons (Fsp3) is 0.429. The second-order valence-electron chi connectivity index (χ2n) is 8.20. The fourth-order valence-electron chi connectivity index (χ4n) is 3.55. The van der Waals surface area contributed by atoms with Gasteiger partial charge in [0.25, 0.3) is 5.91 Å². The highest BCUT2D eigenvalue weighted by Gasteiger charge is 2.33. The van der Waals surface area contributed by atoms with Gasteiger partial charge in [-0.15, -0.1) is 0 Å². The van der Waals surface area contributed by atoms with Gasteiger partial charge in [0.1, 0.15) is 17.6 Å². The van der Waals surface area contributed by atoms with E-state index in [1.54, 1.807) is 0 Å². The van der Waals surface area contributed by atoms with E-state index < -0.39 is 31.6 Å². The monoisotopic (exact) mass is 474 g/mol. The summed E-state index contributed by atoms with van der Waals surface area (Å²) in [6.07, 6.45) is 1.23. The fourth-order valence-corrected chi connectivity index (χ4v) is 4.27. The molecule has 1 aliphatic heterocycles. The molecule has 1 saturated carbocycles. The Morgan fingerprint density at radius 3 is 2.48 bits per heavy atom. The van der Waals surface area contributed by atoms with E-state index in [0.29, 0.717) is 37.8 Å². The molecule has 0 bridgehead atoms. The van der Waals surface area contributed by atoms with Crippen molar-refractivity contribution in [1.82, 2.24) is 25.5 Å². The molecule has 176 valence electrons. The molecule has 1 saturated heterocycles. The summed E-state index contributed by atoms with van der Waals surface area (Å²) in [5, 5.41) is 8.86. The number of carbonyl (C=O) groups excluding carboxylic acids is 2. The molecule has 2 aromatic rings. The van der Waals surface area contributed by atoms with Gasteiger partial charge < -0.3 is 30.6 Å². The van der Waals surface area contributed by atoms with Crippen LogP contribution in [0.2, 0.25) is 0 Å². The molecule has 2 fully saturated rings. The van der Waals surface area contributed by atoms with Crippen molar-refractivity contribution in [3.8, 4) is 11.4 Å². The Balaban J connectivity index is 1.59. The average molecular weight is 474 g/mol. The average Bonchev–Trinajstić information content (AvgIpc) is 3.62. The van der Waals surface area contributed by atoms with Gasteiger partial charge in [-0.05, 0) is 12.8 Å². The smallest absolute Gasteiger partial charge is 0.328 e. The molecule has 1 unspecified atom stereocenters. The van der Waals surface area contributed by atoms with Crippen molar-refractivity contribution in [2.24, 2.45) is 0 Å². The SMILES string of the molecule is O=C(NC(CP(=O)(O)O)C(=O)N1CCNCC1)c1cc(NC2CC2)nc(-c2ccccc2)n1. The van der Waals surface area contributed by atoms with Gasteiger partial charge in [-0.1, -0.05) is 30.3 Å². The highest BCUT2D eigenvalue weighted by molar-refractivity contribution is 7.51. The number of hydrogen-bond acceptors (Lipinski definition) is 7. The van der Waals surface area contributed by atoms with Crippen LogP contribution in [0.1, 0.15) is 23.3 Å². The number of benzene rings is 1. The quantitative estimate of drug-likeness (QED) is 0.342. The molecule has 2 aliphatic rings. The lowest BCUT2D eigenvalue weighted by Crippen LogP contribution is -2.55. The minimum absolute atomic E-state index is 0.0100. The predicted molar refractivity (Wildman–Crippen MR) is 122 cm³/mol. The molecule has 1 aliphatic carbocycles. The Bertz CT molecular complexity index is 1050. The number of hydrogen-bond donors (Lipinski definition) is 5. The van der Waals surface area contributed by atoms with Gasteiger partial charge in [0, 0.05) is 43.9 Å². The summed E-state index contributed by atoms with van der Waals surface area (Å²) in [6.45, 7) is 1.94. The zero-order chi connectivity index (χ0) is 23.4. The minimum Gasteiger partial charge on any atom is -0.367 e. The molecule has 5 N–H and O–H groups in total. The Morgan fingerprint density at radius 1 is 1.15 bits per heavy atom. The van der Waals surface area contributed by atoms with E-state index in [1.807, 2.05) is 30.3 Å². The van der Waals surface area contributed by atoms with Crippen LogP contribution < -0.4 is 16.0 Å². The molecule has 11 nitrogen and oxygen atoms in total. The highest BCUT2D eigenvalue weighted by atomic mass is 31.2. The van der Waals surface area contributed by atoms with Gasteiger partial charge in [-0.3, -0.25) is 14.2 Å². The zero-order valence-corrected chi connectivity index (χ0v) is 18.9. The van der Waals surface area contributed by atoms with Crippen LogP contribution in [-0.4, -0.2) is 80.9 Å². The van der Waals surface area contributed by atoms with Crippen LogP contribution in [-0.2, 0) is 9.36 Å². The highest BCUT2D eigenvalue weighted by Crippen LogP contribution is 2.35. The maximum absolute atomic E-state index is 13.1. The first kappa shape index (κ1) is 23.3. The first-order valence-corrected chi connectivity index (χ1v) is 12.6. The third-order valence-corrected chi connectivity index (χ3v) is 6.21. The van der Waals surface area contributed by atoms with E-state index in [9.17, 15) is 23.9 Å². The van der Waals surface area contributed by atoms with Crippen LogP contribution in [0.25, 0.3) is 11.4 Å². The topological polar surface area (TPSA) is 157 Å². The Labute approximate surface area is 191 Å². The van der Waals surface area contributed by atoms with Crippen molar-refractivity contribution in [2.75, 3.05) is 37.7 Å². The van der Waals surface area contributed by atoms with E-state index in [2.05, 4.69) is 25.9 Å². The van der Waals surface area contributed by atoms with Crippen molar-refractivity contribution in [3.63, 3.8) is 0 Å². The Morgan fingerprint density at radius 2 is 1.85 bits per heavy atom. The molecule has 1 atom stereocenters. The number of amides is 2. The third kappa shape index (κ3) is 6.58. The number of nitrogens with one attached hydrogen (secondary N) is 3. The molecule has 2 heterocycles.